The number of thioether (sulfide) groups is 1. The lowest BCUT2D eigenvalue weighted by Gasteiger charge is -2.17. The Morgan fingerprint density at radius 1 is 1.38 bits per heavy atom. The first kappa shape index (κ1) is 15.5. The van der Waals surface area contributed by atoms with Gasteiger partial charge in [-0.1, -0.05) is 0 Å². The van der Waals surface area contributed by atoms with E-state index in [0.717, 1.165) is 5.75 Å². The molecule has 0 aliphatic carbocycles. The van der Waals surface area contributed by atoms with Crippen molar-refractivity contribution >= 4 is 29.3 Å². The van der Waals surface area contributed by atoms with Crippen LogP contribution in [0, 0.1) is 0 Å². The SMILES string of the molecule is COc1ccc(OC)c(NC(=O)[C@@H]2CSCCC(=O)N2)c1. The van der Waals surface area contributed by atoms with Crippen molar-refractivity contribution in [3.63, 3.8) is 0 Å². The highest BCUT2D eigenvalue weighted by Gasteiger charge is 2.24. The van der Waals surface area contributed by atoms with Gasteiger partial charge in [0.05, 0.1) is 19.9 Å². The molecule has 6 nitrogen and oxygen atoms in total. The molecule has 1 aromatic carbocycles. The van der Waals surface area contributed by atoms with Crippen LogP contribution in [0.2, 0.25) is 0 Å². The molecule has 1 heterocycles. The lowest BCUT2D eigenvalue weighted by molar-refractivity contribution is -0.125. The fourth-order valence-electron chi connectivity index (χ4n) is 1.95. The average Bonchev–Trinajstić information content (AvgIpc) is 2.71. The van der Waals surface area contributed by atoms with E-state index in [2.05, 4.69) is 10.6 Å². The molecule has 0 spiro atoms. The predicted octanol–water partition coefficient (Wildman–Crippen LogP) is 1.26. The van der Waals surface area contributed by atoms with Crippen molar-refractivity contribution in [1.82, 2.24) is 5.32 Å². The molecule has 7 heteroatoms. The molecule has 0 unspecified atom stereocenters. The van der Waals surface area contributed by atoms with Gasteiger partial charge in [0.1, 0.15) is 17.5 Å². The summed E-state index contributed by atoms with van der Waals surface area (Å²) in [6.07, 6.45) is 0.441. The third-order valence-corrected chi connectivity index (χ3v) is 4.14. The van der Waals surface area contributed by atoms with E-state index in [9.17, 15) is 9.59 Å². The molecule has 1 aromatic rings. The Hall–Kier alpha value is -1.89. The van der Waals surface area contributed by atoms with Crippen LogP contribution in [0.4, 0.5) is 5.69 Å². The summed E-state index contributed by atoms with van der Waals surface area (Å²) in [5.74, 6) is 2.09. The van der Waals surface area contributed by atoms with Gasteiger partial charge in [-0.2, -0.15) is 11.8 Å². The summed E-state index contributed by atoms with van der Waals surface area (Å²) < 4.78 is 10.4. The second-order valence-corrected chi connectivity index (χ2v) is 5.65. The van der Waals surface area contributed by atoms with E-state index in [4.69, 9.17) is 9.47 Å². The number of carbonyl (C=O) groups excluding carboxylic acids is 2. The molecule has 1 aliphatic heterocycles. The Morgan fingerprint density at radius 2 is 2.19 bits per heavy atom. The minimum atomic E-state index is -0.541. The maximum atomic E-state index is 12.3. The fourth-order valence-corrected chi connectivity index (χ4v) is 2.91. The van der Waals surface area contributed by atoms with Crippen molar-refractivity contribution in [2.75, 3.05) is 31.0 Å². The number of anilines is 1. The van der Waals surface area contributed by atoms with Crippen LogP contribution in [-0.2, 0) is 9.59 Å². The first-order chi connectivity index (χ1) is 10.1. The molecule has 21 heavy (non-hydrogen) atoms. The highest BCUT2D eigenvalue weighted by Crippen LogP contribution is 2.29. The number of benzene rings is 1. The average molecular weight is 310 g/mol. The zero-order valence-electron chi connectivity index (χ0n) is 12.0. The van der Waals surface area contributed by atoms with Gasteiger partial charge >= 0.3 is 0 Å². The highest BCUT2D eigenvalue weighted by molar-refractivity contribution is 7.99. The van der Waals surface area contributed by atoms with Gasteiger partial charge in [-0.15, -0.1) is 0 Å². The first-order valence-corrected chi connectivity index (χ1v) is 7.69. The number of carbonyl (C=O) groups is 2. The minimum absolute atomic E-state index is 0.0993. The molecule has 2 amide bonds. The molecule has 1 fully saturated rings. The van der Waals surface area contributed by atoms with Gasteiger partial charge < -0.3 is 20.1 Å². The third-order valence-electron chi connectivity index (χ3n) is 3.07. The molecule has 1 saturated heterocycles. The Bertz CT molecular complexity index is 536. The van der Waals surface area contributed by atoms with Gasteiger partial charge in [0.25, 0.3) is 0 Å². The predicted molar refractivity (Wildman–Crippen MR) is 82.0 cm³/mol. The van der Waals surface area contributed by atoms with Crippen molar-refractivity contribution < 1.29 is 19.1 Å². The summed E-state index contributed by atoms with van der Waals surface area (Å²) >= 11 is 1.58. The van der Waals surface area contributed by atoms with Crippen LogP contribution >= 0.6 is 11.8 Å². The van der Waals surface area contributed by atoms with E-state index in [1.165, 1.54) is 7.11 Å². The molecular weight excluding hydrogens is 292 g/mol. The van der Waals surface area contributed by atoms with Crippen LogP contribution in [-0.4, -0.2) is 43.6 Å². The van der Waals surface area contributed by atoms with E-state index in [1.807, 2.05) is 0 Å². The minimum Gasteiger partial charge on any atom is -0.497 e. The number of rotatable bonds is 4. The molecule has 1 aliphatic rings. The van der Waals surface area contributed by atoms with Crippen LogP contribution in [0.15, 0.2) is 18.2 Å². The lowest BCUT2D eigenvalue weighted by Crippen LogP contribution is -2.44. The maximum absolute atomic E-state index is 12.3. The maximum Gasteiger partial charge on any atom is 0.247 e. The number of nitrogens with one attached hydrogen (secondary N) is 2. The van der Waals surface area contributed by atoms with Crippen LogP contribution < -0.4 is 20.1 Å². The van der Waals surface area contributed by atoms with Gasteiger partial charge in [-0.25, -0.2) is 0 Å². The lowest BCUT2D eigenvalue weighted by atomic mass is 10.2. The van der Waals surface area contributed by atoms with Gasteiger partial charge in [0.15, 0.2) is 0 Å². The molecule has 0 aromatic heterocycles. The normalized spacial score (nSPS) is 18.4. The van der Waals surface area contributed by atoms with E-state index < -0.39 is 6.04 Å². The first-order valence-electron chi connectivity index (χ1n) is 6.54. The number of methoxy groups -OCH3 is 2. The third kappa shape index (κ3) is 4.04. The zero-order chi connectivity index (χ0) is 15.2. The van der Waals surface area contributed by atoms with Gasteiger partial charge in [0, 0.05) is 24.0 Å². The number of hydrogen-bond donors (Lipinski definition) is 2. The Morgan fingerprint density at radius 3 is 2.90 bits per heavy atom. The van der Waals surface area contributed by atoms with Crippen molar-refractivity contribution in [2.45, 2.75) is 12.5 Å². The number of ether oxygens (including phenoxy) is 2. The second kappa shape index (κ2) is 7.21. The molecule has 1 atom stereocenters. The molecule has 2 rings (SSSR count). The smallest absolute Gasteiger partial charge is 0.247 e. The van der Waals surface area contributed by atoms with Gasteiger partial charge in [0.2, 0.25) is 11.8 Å². The number of amides is 2. The summed E-state index contributed by atoms with van der Waals surface area (Å²) in [6, 6.07) is 4.61. The summed E-state index contributed by atoms with van der Waals surface area (Å²) in [4.78, 5) is 23.8. The molecular formula is C14H18N2O4S. The molecule has 0 radical (unpaired) electrons. The summed E-state index contributed by atoms with van der Waals surface area (Å²) in [6.45, 7) is 0. The highest BCUT2D eigenvalue weighted by atomic mass is 32.2. The summed E-state index contributed by atoms with van der Waals surface area (Å²) in [7, 11) is 3.08. The van der Waals surface area contributed by atoms with Gasteiger partial charge in [-0.05, 0) is 12.1 Å². The second-order valence-electron chi connectivity index (χ2n) is 4.50. The van der Waals surface area contributed by atoms with E-state index >= 15 is 0 Å². The van der Waals surface area contributed by atoms with Crippen LogP contribution in [0.25, 0.3) is 0 Å². The van der Waals surface area contributed by atoms with Crippen molar-refractivity contribution in [3.8, 4) is 11.5 Å². The monoisotopic (exact) mass is 310 g/mol. The summed E-state index contributed by atoms with van der Waals surface area (Å²) in [5, 5.41) is 5.50. The Balaban J connectivity index is 2.12. The van der Waals surface area contributed by atoms with Gasteiger partial charge in [-0.3, -0.25) is 9.59 Å². The van der Waals surface area contributed by atoms with E-state index in [-0.39, 0.29) is 11.8 Å². The topological polar surface area (TPSA) is 76.7 Å². The van der Waals surface area contributed by atoms with Crippen LogP contribution in [0.5, 0.6) is 11.5 Å². The molecule has 0 saturated carbocycles. The van der Waals surface area contributed by atoms with Crippen LogP contribution in [0.1, 0.15) is 6.42 Å². The molecule has 114 valence electrons. The Kier molecular flexibility index (Phi) is 5.32. The van der Waals surface area contributed by atoms with Crippen molar-refractivity contribution in [1.29, 1.82) is 0 Å². The van der Waals surface area contributed by atoms with Crippen molar-refractivity contribution in [2.24, 2.45) is 0 Å². The summed E-state index contributed by atoms with van der Waals surface area (Å²) in [5.41, 5.74) is 0.519. The van der Waals surface area contributed by atoms with E-state index in [0.29, 0.717) is 29.4 Å². The van der Waals surface area contributed by atoms with Crippen LogP contribution in [0.3, 0.4) is 0 Å². The number of hydrogen-bond acceptors (Lipinski definition) is 5. The van der Waals surface area contributed by atoms with Crippen molar-refractivity contribution in [3.05, 3.63) is 18.2 Å². The molecule has 2 N–H and O–H groups in total. The molecule has 0 bridgehead atoms. The van der Waals surface area contributed by atoms with E-state index in [1.54, 1.807) is 37.1 Å². The largest absolute Gasteiger partial charge is 0.497 e. The Labute approximate surface area is 127 Å². The zero-order valence-corrected chi connectivity index (χ0v) is 12.8. The quantitative estimate of drug-likeness (QED) is 0.875. The fraction of sp³-hybridized carbons (Fsp3) is 0.429. The standard InChI is InChI=1S/C14H18N2O4S/c1-19-9-3-4-12(20-2)10(7-9)16-14(18)11-8-21-6-5-13(17)15-11/h3-4,7,11H,5-6,8H2,1-2H3,(H,15,17)(H,16,18)/t11-/m0/s1.